The number of ether oxygens (including phenoxy) is 3. The lowest BCUT2D eigenvalue weighted by molar-refractivity contribution is 0.182. The highest BCUT2D eigenvalue weighted by atomic mass is 32.2. The number of hydrogen-bond acceptors (Lipinski definition) is 10. The van der Waals surface area contributed by atoms with Crippen molar-refractivity contribution in [2.24, 2.45) is 0 Å². The summed E-state index contributed by atoms with van der Waals surface area (Å²) < 4.78 is 42.6. The molecule has 0 saturated carbocycles. The van der Waals surface area contributed by atoms with Gasteiger partial charge >= 0.3 is 0 Å². The number of aliphatic hydroxyl groups excluding tert-OH is 1. The van der Waals surface area contributed by atoms with E-state index in [2.05, 4.69) is 14.9 Å². The summed E-state index contributed by atoms with van der Waals surface area (Å²) in [6.45, 7) is 0. The Morgan fingerprint density at radius 3 is 2.42 bits per heavy atom. The maximum atomic E-state index is 13.1. The summed E-state index contributed by atoms with van der Waals surface area (Å²) in [5.74, 6) is 1.45. The van der Waals surface area contributed by atoms with Crippen molar-refractivity contribution >= 4 is 28.1 Å². The van der Waals surface area contributed by atoms with E-state index in [4.69, 9.17) is 23.2 Å². The Morgan fingerprint density at radius 2 is 1.81 bits per heavy atom. The summed E-state index contributed by atoms with van der Waals surface area (Å²) >= 11 is -1.79. The second-order valence-electron chi connectivity index (χ2n) is 6.26. The van der Waals surface area contributed by atoms with Crippen LogP contribution < -0.4 is 18.9 Å². The largest absolute Gasteiger partial charge is 0.588 e. The van der Waals surface area contributed by atoms with Gasteiger partial charge in [-0.3, -0.25) is 0 Å². The van der Waals surface area contributed by atoms with Crippen molar-refractivity contribution in [2.45, 2.75) is 11.0 Å². The zero-order valence-corrected chi connectivity index (χ0v) is 17.6. The first-order valence-corrected chi connectivity index (χ1v) is 10.2. The number of aliphatic hydroxyl groups is 1. The molecule has 0 bridgehead atoms. The molecule has 10 nitrogen and oxygen atoms in total. The SMILES string of the molecule is COc1cccc(OC)c1[S+]([O-])Nc1noc2cc(C(O)c3ncco3)cc(OC)c12. The molecule has 31 heavy (non-hydrogen) atoms. The third kappa shape index (κ3) is 3.85. The standard InChI is InChI=1S/C20H19N3O7S/c1-26-12-5-4-6-13(27-2)18(12)31(25)23-19-16-14(28-3)9-11(10-15(16)30-22-19)17(24)20-21-7-8-29-20/h4-10,17,24H,1-3H3,(H,22,23). The fraction of sp³-hybridized carbons (Fsp3) is 0.200. The van der Waals surface area contributed by atoms with Crippen molar-refractivity contribution in [2.75, 3.05) is 26.1 Å². The Hall–Kier alpha value is -3.41. The van der Waals surface area contributed by atoms with Gasteiger partial charge in [0.25, 0.3) is 4.90 Å². The minimum atomic E-state index is -1.79. The number of aromatic nitrogens is 2. The number of rotatable bonds is 8. The van der Waals surface area contributed by atoms with Gasteiger partial charge in [-0.1, -0.05) is 11.2 Å². The van der Waals surface area contributed by atoms with E-state index in [9.17, 15) is 9.66 Å². The van der Waals surface area contributed by atoms with Crippen LogP contribution in [0.5, 0.6) is 17.2 Å². The van der Waals surface area contributed by atoms with Gasteiger partial charge in [-0.25, -0.2) is 4.98 Å². The number of nitrogens with zero attached hydrogens (tertiary/aromatic N) is 2. The highest BCUT2D eigenvalue weighted by molar-refractivity contribution is 7.93. The quantitative estimate of drug-likeness (QED) is 0.390. The predicted octanol–water partition coefficient (Wildman–Crippen LogP) is 3.06. The number of nitrogens with one attached hydrogen (secondary N) is 1. The van der Waals surface area contributed by atoms with Crippen molar-refractivity contribution in [3.8, 4) is 17.2 Å². The zero-order valence-electron chi connectivity index (χ0n) is 16.8. The van der Waals surface area contributed by atoms with E-state index < -0.39 is 17.5 Å². The van der Waals surface area contributed by atoms with Gasteiger partial charge in [0, 0.05) is 0 Å². The number of fused-ring (bicyclic) bond motifs is 1. The monoisotopic (exact) mass is 445 g/mol. The maximum Gasteiger partial charge on any atom is 0.263 e. The van der Waals surface area contributed by atoms with Crippen LogP contribution in [0.15, 0.2) is 56.6 Å². The van der Waals surface area contributed by atoms with Crippen molar-refractivity contribution in [3.05, 3.63) is 54.2 Å². The summed E-state index contributed by atoms with van der Waals surface area (Å²) in [6.07, 6.45) is 1.68. The molecule has 2 aromatic carbocycles. The summed E-state index contributed by atoms with van der Waals surface area (Å²) in [7, 11) is 4.42. The van der Waals surface area contributed by atoms with Crippen LogP contribution in [0.1, 0.15) is 17.6 Å². The number of anilines is 1. The summed E-state index contributed by atoms with van der Waals surface area (Å²) in [5.41, 5.74) is 0.744. The maximum absolute atomic E-state index is 13.1. The summed E-state index contributed by atoms with van der Waals surface area (Å²) in [5, 5.41) is 14.9. The van der Waals surface area contributed by atoms with Gasteiger partial charge in [0.2, 0.25) is 11.7 Å². The molecule has 2 aromatic heterocycles. The van der Waals surface area contributed by atoms with E-state index in [0.717, 1.165) is 0 Å². The minimum Gasteiger partial charge on any atom is -0.588 e. The van der Waals surface area contributed by atoms with Gasteiger partial charge in [-0.15, -0.1) is 0 Å². The van der Waals surface area contributed by atoms with Gasteiger partial charge in [-0.05, 0) is 29.8 Å². The normalized spacial score (nSPS) is 13.1. The average molecular weight is 445 g/mol. The summed E-state index contributed by atoms with van der Waals surface area (Å²) in [4.78, 5) is 4.28. The van der Waals surface area contributed by atoms with Crippen molar-refractivity contribution in [1.82, 2.24) is 10.1 Å². The third-order valence-corrected chi connectivity index (χ3v) is 5.69. The molecule has 0 amide bonds. The third-order valence-electron chi connectivity index (χ3n) is 4.54. The van der Waals surface area contributed by atoms with Crippen LogP contribution in [0.4, 0.5) is 5.82 Å². The van der Waals surface area contributed by atoms with E-state index >= 15 is 0 Å². The molecule has 0 aliphatic carbocycles. The molecule has 2 N–H and O–H groups in total. The number of benzene rings is 2. The first kappa shape index (κ1) is 20.8. The lowest BCUT2D eigenvalue weighted by Gasteiger charge is -2.15. The molecule has 2 heterocycles. The van der Waals surface area contributed by atoms with Crippen LogP contribution in [0.2, 0.25) is 0 Å². The Labute approximate surface area is 180 Å². The van der Waals surface area contributed by atoms with Crippen LogP contribution >= 0.6 is 0 Å². The van der Waals surface area contributed by atoms with Gasteiger partial charge in [0.1, 0.15) is 28.8 Å². The van der Waals surface area contributed by atoms with E-state index in [1.54, 1.807) is 30.3 Å². The van der Waals surface area contributed by atoms with Gasteiger partial charge in [0.05, 0.1) is 27.5 Å². The van der Waals surface area contributed by atoms with Crippen LogP contribution in [0.25, 0.3) is 11.0 Å². The molecule has 0 aliphatic rings. The smallest absolute Gasteiger partial charge is 0.263 e. The second kappa shape index (κ2) is 8.76. The first-order chi connectivity index (χ1) is 15.1. The zero-order chi connectivity index (χ0) is 22.0. The van der Waals surface area contributed by atoms with Crippen molar-refractivity contribution < 1.29 is 32.8 Å². The number of methoxy groups -OCH3 is 3. The Bertz CT molecular complexity index is 1160. The Balaban J connectivity index is 1.71. The molecule has 0 aliphatic heterocycles. The second-order valence-corrected chi connectivity index (χ2v) is 7.41. The molecule has 0 fully saturated rings. The van der Waals surface area contributed by atoms with Gasteiger partial charge in [0.15, 0.2) is 23.2 Å². The molecule has 162 valence electrons. The fourth-order valence-corrected chi connectivity index (χ4v) is 4.18. The predicted molar refractivity (Wildman–Crippen MR) is 111 cm³/mol. The van der Waals surface area contributed by atoms with E-state index in [0.29, 0.717) is 38.7 Å². The number of oxazole rings is 1. The molecular weight excluding hydrogens is 426 g/mol. The molecule has 0 saturated heterocycles. The van der Waals surface area contributed by atoms with E-state index in [1.807, 2.05) is 0 Å². The lowest BCUT2D eigenvalue weighted by Crippen LogP contribution is -2.15. The highest BCUT2D eigenvalue weighted by Gasteiger charge is 2.28. The van der Waals surface area contributed by atoms with Gasteiger partial charge in [-0.2, -0.15) is 4.72 Å². The van der Waals surface area contributed by atoms with Crippen LogP contribution in [-0.4, -0.2) is 41.1 Å². The van der Waals surface area contributed by atoms with E-state index in [-0.39, 0.29) is 11.7 Å². The Morgan fingerprint density at radius 1 is 1.10 bits per heavy atom. The topological polar surface area (TPSA) is 135 Å². The van der Waals surface area contributed by atoms with Crippen molar-refractivity contribution in [3.63, 3.8) is 0 Å². The fourth-order valence-electron chi connectivity index (χ4n) is 3.10. The molecular formula is C20H19N3O7S. The van der Waals surface area contributed by atoms with Crippen LogP contribution in [0, 0.1) is 0 Å². The lowest BCUT2D eigenvalue weighted by atomic mass is 10.1. The summed E-state index contributed by atoms with van der Waals surface area (Å²) in [6, 6.07) is 8.27. The molecule has 0 spiro atoms. The molecule has 2 unspecified atom stereocenters. The van der Waals surface area contributed by atoms with Crippen LogP contribution in [0.3, 0.4) is 0 Å². The average Bonchev–Trinajstić information content (AvgIpc) is 3.47. The van der Waals surface area contributed by atoms with Crippen LogP contribution in [-0.2, 0) is 11.4 Å². The molecule has 11 heteroatoms. The molecule has 4 rings (SSSR count). The molecule has 0 radical (unpaired) electrons. The molecule has 2 atom stereocenters. The minimum absolute atomic E-state index is 0.128. The highest BCUT2D eigenvalue weighted by Crippen LogP contribution is 2.39. The van der Waals surface area contributed by atoms with E-state index in [1.165, 1.54) is 33.8 Å². The first-order valence-electron chi connectivity index (χ1n) is 9.01. The molecule has 4 aromatic rings. The Kier molecular flexibility index (Phi) is 5.89. The number of hydrogen-bond donors (Lipinski definition) is 2. The van der Waals surface area contributed by atoms with Gasteiger partial charge < -0.3 is 32.8 Å². The van der Waals surface area contributed by atoms with Crippen molar-refractivity contribution in [1.29, 1.82) is 0 Å².